The van der Waals surface area contributed by atoms with Crippen LogP contribution in [0.2, 0.25) is 0 Å². The number of H-pyrrole nitrogens is 1. The van der Waals surface area contributed by atoms with Crippen LogP contribution >= 0.6 is 0 Å². The normalized spacial score (nSPS) is 19.5. The van der Waals surface area contributed by atoms with E-state index in [9.17, 15) is 14.4 Å². The van der Waals surface area contributed by atoms with Crippen molar-refractivity contribution in [3.05, 3.63) is 83.6 Å². The number of carbonyl (C=O) groups is 3. The van der Waals surface area contributed by atoms with Crippen LogP contribution < -0.4 is 10.6 Å². The van der Waals surface area contributed by atoms with Crippen LogP contribution in [0.4, 0.5) is 0 Å². The first-order chi connectivity index (χ1) is 20.3. The summed E-state index contributed by atoms with van der Waals surface area (Å²) in [5.41, 5.74) is 2.60. The first-order valence-electron chi connectivity index (χ1n) is 14.7. The Hall–Kier alpha value is -4.47. The number of hydrogen-bond acceptors (Lipinski definition) is 5. The molecule has 1 aliphatic rings. The number of fused-ring (bicyclic) bond motifs is 2. The average Bonchev–Trinajstić information content (AvgIpc) is 3.62. The van der Waals surface area contributed by atoms with Gasteiger partial charge < -0.3 is 20.5 Å². The molecule has 10 heteroatoms. The number of amides is 3. The van der Waals surface area contributed by atoms with E-state index in [2.05, 4.69) is 20.7 Å². The second kappa shape index (κ2) is 13.0. The molecule has 0 saturated heterocycles. The monoisotopic (exact) mass is 569 g/mol. The topological polar surface area (TPSA) is 125 Å². The van der Waals surface area contributed by atoms with Crippen molar-refractivity contribution in [1.29, 1.82) is 0 Å². The molecule has 0 spiro atoms. The van der Waals surface area contributed by atoms with Gasteiger partial charge in [0.25, 0.3) is 5.91 Å². The van der Waals surface area contributed by atoms with Crippen LogP contribution in [0, 0.1) is 12.8 Å². The highest BCUT2D eigenvalue weighted by molar-refractivity contribution is 5.98. The van der Waals surface area contributed by atoms with Crippen molar-refractivity contribution in [3.8, 4) is 0 Å². The smallest absolute Gasteiger partial charge is 0.253 e. The summed E-state index contributed by atoms with van der Waals surface area (Å²) < 4.78 is 1.81. The van der Waals surface area contributed by atoms with Crippen LogP contribution in [-0.4, -0.2) is 61.5 Å². The van der Waals surface area contributed by atoms with Crippen LogP contribution in [-0.2, 0) is 22.6 Å². The molecule has 2 aromatic heterocycles. The molecule has 3 amide bonds. The van der Waals surface area contributed by atoms with Crippen molar-refractivity contribution in [2.45, 2.75) is 65.1 Å². The molecule has 3 heterocycles. The standard InChI is InChI=1S/C32H39N7O3/c1-4-21(2)29-31(41)35-27(19-23-9-6-5-7-10-23)30-34-22(3)37-39(30)18-17-38(16-8-11-28(40)36-29)32(42)25-12-13-26-24(20-25)14-15-33-26/h5-7,9-10,12-15,20-21,27,29,33H,4,8,11,16-19H2,1-3H3,(H,35,41)(H,36,40)/t21-,27-,29-/m0/s1. The number of nitrogens with zero attached hydrogens (tertiary/aromatic N) is 4. The lowest BCUT2D eigenvalue weighted by Crippen LogP contribution is -2.51. The fourth-order valence-corrected chi connectivity index (χ4v) is 5.49. The second-order valence-electron chi connectivity index (χ2n) is 11.1. The van der Waals surface area contributed by atoms with Crippen LogP contribution in [0.15, 0.2) is 60.8 Å². The maximum absolute atomic E-state index is 13.7. The van der Waals surface area contributed by atoms with E-state index in [1.807, 2.05) is 81.6 Å². The zero-order valence-electron chi connectivity index (χ0n) is 24.5. The first-order valence-corrected chi connectivity index (χ1v) is 14.7. The summed E-state index contributed by atoms with van der Waals surface area (Å²) in [5, 5.41) is 11.8. The van der Waals surface area contributed by atoms with Crippen molar-refractivity contribution in [2.24, 2.45) is 5.92 Å². The fraction of sp³-hybridized carbons (Fsp3) is 0.406. The predicted molar refractivity (Wildman–Crippen MR) is 161 cm³/mol. The maximum atomic E-state index is 13.7. The van der Waals surface area contributed by atoms with E-state index >= 15 is 0 Å². The Kier molecular flexibility index (Phi) is 9.00. The number of hydrogen-bond donors (Lipinski definition) is 3. The molecule has 0 aliphatic carbocycles. The Morgan fingerprint density at radius 3 is 2.64 bits per heavy atom. The largest absolute Gasteiger partial charge is 0.361 e. The van der Waals surface area contributed by atoms with E-state index in [-0.39, 0.29) is 30.1 Å². The highest BCUT2D eigenvalue weighted by Crippen LogP contribution is 2.21. The van der Waals surface area contributed by atoms with Crippen LogP contribution in [0.3, 0.4) is 0 Å². The number of aromatic amines is 1. The SMILES string of the molecule is CC[C@H](C)[C@@H]1NC(=O)CCCN(C(=O)c2ccc3[nH]ccc3c2)CCn2nc(C)nc2[C@H](Cc2ccccc2)NC1=O. The molecule has 10 nitrogen and oxygen atoms in total. The van der Waals surface area contributed by atoms with Gasteiger partial charge in [-0.15, -0.1) is 0 Å². The van der Waals surface area contributed by atoms with Gasteiger partial charge in [-0.25, -0.2) is 9.67 Å². The third-order valence-electron chi connectivity index (χ3n) is 8.03. The summed E-state index contributed by atoms with van der Waals surface area (Å²) >= 11 is 0. The van der Waals surface area contributed by atoms with E-state index in [0.717, 1.165) is 22.9 Å². The van der Waals surface area contributed by atoms with Gasteiger partial charge in [0.05, 0.1) is 12.6 Å². The summed E-state index contributed by atoms with van der Waals surface area (Å²) in [6.45, 7) is 6.97. The van der Waals surface area contributed by atoms with E-state index in [0.29, 0.717) is 49.7 Å². The maximum Gasteiger partial charge on any atom is 0.253 e. The van der Waals surface area contributed by atoms with Crippen molar-refractivity contribution in [2.75, 3.05) is 13.1 Å². The van der Waals surface area contributed by atoms with Crippen LogP contribution in [0.1, 0.15) is 66.7 Å². The highest BCUT2D eigenvalue weighted by Gasteiger charge is 2.31. The van der Waals surface area contributed by atoms with E-state index in [1.165, 1.54) is 0 Å². The van der Waals surface area contributed by atoms with Gasteiger partial charge in [-0.2, -0.15) is 5.10 Å². The quantitative estimate of drug-likeness (QED) is 0.336. The zero-order valence-corrected chi connectivity index (χ0v) is 24.5. The molecule has 0 bridgehead atoms. The van der Waals surface area contributed by atoms with Crippen LogP contribution in [0.25, 0.3) is 10.9 Å². The summed E-state index contributed by atoms with van der Waals surface area (Å²) in [5.74, 6) is 0.601. The van der Waals surface area contributed by atoms with Crippen molar-refractivity contribution in [1.82, 2.24) is 35.3 Å². The number of benzene rings is 2. The lowest BCUT2D eigenvalue weighted by molar-refractivity contribution is -0.130. The molecule has 1 aliphatic heterocycles. The van der Waals surface area contributed by atoms with Gasteiger partial charge in [0.2, 0.25) is 11.8 Å². The molecule has 42 heavy (non-hydrogen) atoms. The third-order valence-corrected chi connectivity index (χ3v) is 8.03. The minimum atomic E-state index is -0.688. The second-order valence-corrected chi connectivity index (χ2v) is 11.1. The summed E-state index contributed by atoms with van der Waals surface area (Å²) in [7, 11) is 0. The Labute approximate surface area is 245 Å². The van der Waals surface area contributed by atoms with Gasteiger partial charge in [0.1, 0.15) is 17.7 Å². The molecule has 2 aromatic carbocycles. The van der Waals surface area contributed by atoms with Crippen molar-refractivity contribution in [3.63, 3.8) is 0 Å². The molecule has 0 fully saturated rings. The molecular weight excluding hydrogens is 530 g/mol. The van der Waals surface area contributed by atoms with Gasteiger partial charge in [-0.1, -0.05) is 50.6 Å². The minimum absolute atomic E-state index is 0.0692. The molecule has 3 atom stereocenters. The van der Waals surface area contributed by atoms with E-state index in [4.69, 9.17) is 4.98 Å². The van der Waals surface area contributed by atoms with Gasteiger partial charge in [0, 0.05) is 42.2 Å². The van der Waals surface area contributed by atoms with Gasteiger partial charge in [-0.05, 0) is 55.5 Å². The predicted octanol–water partition coefficient (Wildman–Crippen LogP) is 3.93. The molecule has 0 unspecified atom stereocenters. The average molecular weight is 570 g/mol. The molecule has 0 saturated carbocycles. The Morgan fingerprint density at radius 1 is 1.05 bits per heavy atom. The van der Waals surface area contributed by atoms with E-state index in [1.54, 1.807) is 9.58 Å². The molecule has 220 valence electrons. The van der Waals surface area contributed by atoms with Gasteiger partial charge in [-0.3, -0.25) is 14.4 Å². The number of aryl methyl sites for hydroxylation is 1. The summed E-state index contributed by atoms with van der Waals surface area (Å²) in [6, 6.07) is 16.3. The Morgan fingerprint density at radius 2 is 1.86 bits per heavy atom. The molecule has 0 radical (unpaired) electrons. The first kappa shape index (κ1) is 29.0. The Bertz CT molecular complexity index is 1540. The molecule has 3 N–H and O–H groups in total. The highest BCUT2D eigenvalue weighted by atomic mass is 16.2. The van der Waals surface area contributed by atoms with E-state index < -0.39 is 12.1 Å². The Balaban J connectivity index is 1.49. The zero-order chi connectivity index (χ0) is 29.6. The van der Waals surface area contributed by atoms with Gasteiger partial charge >= 0.3 is 0 Å². The molecular formula is C32H39N7O3. The summed E-state index contributed by atoms with van der Waals surface area (Å²) in [4.78, 5) is 50.2. The third kappa shape index (κ3) is 6.70. The number of carbonyl (C=O) groups excluding carboxylic acids is 3. The van der Waals surface area contributed by atoms with Crippen LogP contribution in [0.5, 0.6) is 0 Å². The number of nitrogens with one attached hydrogen (secondary N) is 3. The summed E-state index contributed by atoms with van der Waals surface area (Å²) in [6.07, 6.45) is 3.77. The number of aromatic nitrogens is 4. The molecule has 4 aromatic rings. The minimum Gasteiger partial charge on any atom is -0.361 e. The van der Waals surface area contributed by atoms with Crippen molar-refractivity contribution < 1.29 is 14.4 Å². The lowest BCUT2D eigenvalue weighted by atomic mass is 9.97. The van der Waals surface area contributed by atoms with Crippen molar-refractivity contribution >= 4 is 28.6 Å². The lowest BCUT2D eigenvalue weighted by Gasteiger charge is -2.28. The number of rotatable bonds is 5. The van der Waals surface area contributed by atoms with Gasteiger partial charge in [0.15, 0.2) is 0 Å². The molecule has 5 rings (SSSR count). The fourth-order valence-electron chi connectivity index (χ4n) is 5.49.